The van der Waals surface area contributed by atoms with Crippen LogP contribution in [0.15, 0.2) is 47.3 Å². The monoisotopic (exact) mass is 323 g/mol. The number of hydrogen-bond acceptors (Lipinski definition) is 3. The van der Waals surface area contributed by atoms with Crippen molar-refractivity contribution in [3.05, 3.63) is 75.5 Å². The van der Waals surface area contributed by atoms with Crippen molar-refractivity contribution in [2.45, 2.75) is 27.3 Å². The summed E-state index contributed by atoms with van der Waals surface area (Å²) in [5.74, 6) is 1.48. The summed E-state index contributed by atoms with van der Waals surface area (Å²) in [5.41, 5.74) is 3.92. The average molecular weight is 323 g/mol. The first kappa shape index (κ1) is 16.1. The van der Waals surface area contributed by atoms with E-state index in [0.29, 0.717) is 12.4 Å². The summed E-state index contributed by atoms with van der Waals surface area (Å²) in [6.45, 7) is 6.31. The second-order valence-electron chi connectivity index (χ2n) is 5.91. The lowest BCUT2D eigenvalue weighted by Gasteiger charge is -2.10. The molecule has 0 aliphatic heterocycles. The van der Waals surface area contributed by atoms with Crippen LogP contribution in [-0.4, -0.2) is 21.5 Å². The van der Waals surface area contributed by atoms with E-state index >= 15 is 0 Å². The molecule has 0 fully saturated rings. The minimum Gasteiger partial charge on any atom is -0.497 e. The number of ether oxygens (including phenoxy) is 1. The third kappa shape index (κ3) is 2.85. The molecule has 5 heteroatoms. The van der Waals surface area contributed by atoms with Gasteiger partial charge < -0.3 is 4.74 Å². The van der Waals surface area contributed by atoms with Crippen molar-refractivity contribution in [1.82, 2.24) is 14.3 Å². The van der Waals surface area contributed by atoms with E-state index in [0.717, 1.165) is 28.1 Å². The number of methoxy groups -OCH3 is 1. The van der Waals surface area contributed by atoms with E-state index in [2.05, 4.69) is 5.10 Å². The molecule has 0 saturated carbocycles. The third-order valence-electron chi connectivity index (χ3n) is 4.16. The number of benzene rings is 2. The predicted molar refractivity (Wildman–Crippen MR) is 94.1 cm³/mol. The summed E-state index contributed by atoms with van der Waals surface area (Å²) in [4.78, 5) is 12.9. The highest BCUT2D eigenvalue weighted by Crippen LogP contribution is 2.18. The summed E-state index contributed by atoms with van der Waals surface area (Å²) >= 11 is 0. The summed E-state index contributed by atoms with van der Waals surface area (Å²) in [5, 5.41) is 4.44. The number of rotatable bonds is 4. The van der Waals surface area contributed by atoms with Crippen molar-refractivity contribution < 1.29 is 4.74 Å². The van der Waals surface area contributed by atoms with Gasteiger partial charge in [0.25, 0.3) is 0 Å². The first-order valence-corrected chi connectivity index (χ1v) is 7.87. The molecule has 3 aromatic rings. The maximum atomic E-state index is 12.9. The molecule has 24 heavy (non-hydrogen) atoms. The third-order valence-corrected chi connectivity index (χ3v) is 4.16. The maximum Gasteiger partial charge on any atom is 0.350 e. The second-order valence-corrected chi connectivity index (χ2v) is 5.91. The van der Waals surface area contributed by atoms with Gasteiger partial charge in [-0.15, -0.1) is 0 Å². The molecule has 0 spiro atoms. The predicted octanol–water partition coefficient (Wildman–Crippen LogP) is 3.02. The van der Waals surface area contributed by atoms with Crippen LogP contribution < -0.4 is 10.4 Å². The Hall–Kier alpha value is -2.82. The van der Waals surface area contributed by atoms with Gasteiger partial charge >= 0.3 is 5.69 Å². The highest BCUT2D eigenvalue weighted by Gasteiger charge is 2.15. The molecule has 0 amide bonds. The van der Waals surface area contributed by atoms with Gasteiger partial charge in [-0.1, -0.05) is 30.3 Å². The molecule has 0 saturated heterocycles. The van der Waals surface area contributed by atoms with Gasteiger partial charge in [0, 0.05) is 0 Å². The molecule has 0 aliphatic rings. The molecule has 124 valence electrons. The molecule has 2 aromatic carbocycles. The Labute approximate surface area is 141 Å². The lowest BCUT2D eigenvalue weighted by atomic mass is 10.1. The fourth-order valence-corrected chi connectivity index (χ4v) is 2.94. The highest BCUT2D eigenvalue weighted by atomic mass is 16.5. The van der Waals surface area contributed by atoms with Crippen LogP contribution in [0.25, 0.3) is 5.69 Å². The van der Waals surface area contributed by atoms with Crippen molar-refractivity contribution in [2.75, 3.05) is 7.11 Å². The van der Waals surface area contributed by atoms with Gasteiger partial charge in [0.2, 0.25) is 0 Å². The summed E-state index contributed by atoms with van der Waals surface area (Å²) in [6.07, 6.45) is 0. The first-order chi connectivity index (χ1) is 11.5. The second kappa shape index (κ2) is 6.35. The van der Waals surface area contributed by atoms with Crippen LogP contribution in [0.5, 0.6) is 5.75 Å². The number of aromatic nitrogens is 3. The molecule has 0 bridgehead atoms. The molecule has 0 atom stereocenters. The molecule has 5 nitrogen and oxygen atoms in total. The zero-order valence-electron chi connectivity index (χ0n) is 14.4. The van der Waals surface area contributed by atoms with Crippen molar-refractivity contribution >= 4 is 0 Å². The van der Waals surface area contributed by atoms with E-state index < -0.39 is 0 Å². The van der Waals surface area contributed by atoms with Gasteiger partial charge in [-0.05, 0) is 49.6 Å². The Bertz CT molecular complexity index is 901. The zero-order valence-corrected chi connectivity index (χ0v) is 14.4. The minimum atomic E-state index is -0.124. The quantitative estimate of drug-likeness (QED) is 0.741. The maximum absolute atomic E-state index is 12.9. The van der Waals surface area contributed by atoms with Gasteiger partial charge in [-0.2, -0.15) is 5.10 Å². The van der Waals surface area contributed by atoms with Crippen LogP contribution in [0.4, 0.5) is 0 Å². The lowest BCUT2D eigenvalue weighted by molar-refractivity contribution is 0.414. The standard InChI is InChI=1S/C19H21N3O2/c1-13-6-5-7-14(2)18(13)22-15(3)20-21(19(22)23)12-16-8-10-17(24-4)11-9-16/h5-11H,12H2,1-4H3. The molecule has 0 N–H and O–H groups in total. The smallest absolute Gasteiger partial charge is 0.350 e. The van der Waals surface area contributed by atoms with E-state index in [4.69, 9.17) is 4.74 Å². The van der Waals surface area contributed by atoms with Gasteiger partial charge in [0.1, 0.15) is 11.6 Å². The van der Waals surface area contributed by atoms with E-state index in [1.54, 1.807) is 11.7 Å². The van der Waals surface area contributed by atoms with E-state index in [9.17, 15) is 4.79 Å². The summed E-state index contributed by atoms with van der Waals surface area (Å²) in [6, 6.07) is 13.7. The van der Waals surface area contributed by atoms with Crippen molar-refractivity contribution in [1.29, 1.82) is 0 Å². The number of hydrogen-bond donors (Lipinski definition) is 0. The molecule has 1 heterocycles. The first-order valence-electron chi connectivity index (χ1n) is 7.87. The van der Waals surface area contributed by atoms with Crippen LogP contribution >= 0.6 is 0 Å². The van der Waals surface area contributed by atoms with Crippen molar-refractivity contribution in [2.24, 2.45) is 0 Å². The van der Waals surface area contributed by atoms with Crippen LogP contribution in [0, 0.1) is 20.8 Å². The van der Waals surface area contributed by atoms with Gasteiger partial charge in [0.05, 0.1) is 19.3 Å². The van der Waals surface area contributed by atoms with Gasteiger partial charge in [-0.3, -0.25) is 0 Å². The number of nitrogens with zero attached hydrogens (tertiary/aromatic N) is 3. The molecular formula is C19H21N3O2. The molecular weight excluding hydrogens is 302 g/mol. The van der Waals surface area contributed by atoms with E-state index in [1.807, 2.05) is 63.2 Å². The fourth-order valence-electron chi connectivity index (χ4n) is 2.94. The number of aryl methyl sites for hydroxylation is 3. The SMILES string of the molecule is COc1ccc(Cn2nc(C)n(-c3c(C)cccc3C)c2=O)cc1. The summed E-state index contributed by atoms with van der Waals surface area (Å²) < 4.78 is 8.35. The zero-order chi connectivity index (χ0) is 17.3. The number of para-hydroxylation sites is 1. The Morgan fingerprint density at radius 3 is 2.21 bits per heavy atom. The van der Waals surface area contributed by atoms with Crippen molar-refractivity contribution in [3.63, 3.8) is 0 Å². The Balaban J connectivity index is 2.02. The average Bonchev–Trinajstić information content (AvgIpc) is 2.83. The molecule has 1 aromatic heterocycles. The Morgan fingerprint density at radius 2 is 1.62 bits per heavy atom. The normalized spacial score (nSPS) is 10.8. The highest BCUT2D eigenvalue weighted by molar-refractivity contribution is 5.47. The molecule has 3 rings (SSSR count). The topological polar surface area (TPSA) is 49.0 Å². The molecule has 0 radical (unpaired) electrons. The van der Waals surface area contributed by atoms with Crippen LogP contribution in [0.2, 0.25) is 0 Å². The van der Waals surface area contributed by atoms with Gasteiger partial charge in [0.15, 0.2) is 0 Å². The van der Waals surface area contributed by atoms with E-state index in [1.165, 1.54) is 4.68 Å². The molecule has 0 aliphatic carbocycles. The molecule has 0 unspecified atom stereocenters. The minimum absolute atomic E-state index is 0.124. The van der Waals surface area contributed by atoms with Crippen LogP contribution in [0.3, 0.4) is 0 Å². The van der Waals surface area contributed by atoms with Crippen molar-refractivity contribution in [3.8, 4) is 11.4 Å². The fraction of sp³-hybridized carbons (Fsp3) is 0.263. The summed E-state index contributed by atoms with van der Waals surface area (Å²) in [7, 11) is 1.63. The largest absolute Gasteiger partial charge is 0.497 e. The van der Waals surface area contributed by atoms with Gasteiger partial charge in [-0.25, -0.2) is 14.0 Å². The van der Waals surface area contributed by atoms with Crippen LogP contribution in [0.1, 0.15) is 22.5 Å². The lowest BCUT2D eigenvalue weighted by Crippen LogP contribution is -2.25. The van der Waals surface area contributed by atoms with Crippen LogP contribution in [-0.2, 0) is 6.54 Å². The Morgan fingerprint density at radius 1 is 1.00 bits per heavy atom. The van der Waals surface area contributed by atoms with E-state index in [-0.39, 0.29) is 5.69 Å². The Kier molecular flexibility index (Phi) is 4.25.